The highest BCUT2D eigenvalue weighted by Crippen LogP contribution is 2.01. The molecule has 7 heavy (non-hydrogen) atoms. The lowest BCUT2D eigenvalue weighted by Crippen LogP contribution is -2.17. The molecule has 0 amide bonds. The Hall–Kier alpha value is -0.300. The third kappa shape index (κ3) is 1.32. The number of hydrogen-bond donors (Lipinski definition) is 1. The Morgan fingerprint density at radius 3 is 3.00 bits per heavy atom. The van der Waals surface area contributed by atoms with Crippen LogP contribution >= 0.6 is 0 Å². The van der Waals surface area contributed by atoms with Crippen LogP contribution in [0.1, 0.15) is 6.92 Å². The van der Waals surface area contributed by atoms with Crippen LogP contribution in [-0.2, 0) is 0 Å². The molecular weight excluding hydrogens is 86.1 g/mol. The first kappa shape index (κ1) is 4.85. The average Bonchev–Trinajstić information content (AvgIpc) is 1.69. The number of hydrogen-bond acceptors (Lipinski definition) is 1. The summed E-state index contributed by atoms with van der Waals surface area (Å²) in [6, 6.07) is 0. The van der Waals surface area contributed by atoms with Crippen molar-refractivity contribution < 1.29 is 0 Å². The van der Waals surface area contributed by atoms with E-state index in [4.69, 9.17) is 0 Å². The lowest BCUT2D eigenvalue weighted by Gasteiger charge is -2.09. The fourth-order valence-corrected chi connectivity index (χ4v) is 0.599. The molecular formula is C6H9N. The van der Waals surface area contributed by atoms with Gasteiger partial charge in [0, 0.05) is 6.54 Å². The van der Waals surface area contributed by atoms with Crippen LogP contribution in [-0.4, -0.2) is 6.54 Å². The van der Waals surface area contributed by atoms with Crippen LogP contribution in [0.25, 0.3) is 0 Å². The summed E-state index contributed by atoms with van der Waals surface area (Å²) in [5.74, 6) is 0.494. The zero-order chi connectivity index (χ0) is 5.11. The van der Waals surface area contributed by atoms with Gasteiger partial charge in [-0.25, -0.2) is 0 Å². The van der Waals surface area contributed by atoms with Crippen LogP contribution in [0.15, 0.2) is 12.2 Å². The van der Waals surface area contributed by atoms with E-state index >= 15 is 0 Å². The van der Waals surface area contributed by atoms with E-state index in [0.717, 1.165) is 6.54 Å². The summed E-state index contributed by atoms with van der Waals surface area (Å²) in [6.07, 6.45) is 4.25. The molecule has 0 saturated heterocycles. The molecule has 1 rings (SSSR count). The van der Waals surface area contributed by atoms with Crippen molar-refractivity contribution in [2.75, 3.05) is 6.54 Å². The molecule has 0 aromatic carbocycles. The van der Waals surface area contributed by atoms with Crippen molar-refractivity contribution in [3.8, 4) is 0 Å². The summed E-state index contributed by atoms with van der Waals surface area (Å²) in [7, 11) is 0. The quantitative estimate of drug-likeness (QED) is 0.439. The molecule has 0 bridgehead atoms. The van der Waals surface area contributed by atoms with Gasteiger partial charge in [-0.15, -0.1) is 0 Å². The van der Waals surface area contributed by atoms with Crippen molar-refractivity contribution in [2.24, 2.45) is 5.92 Å². The predicted octanol–water partition coefficient (Wildman–Crippen LogP) is 0.821. The molecule has 0 aliphatic carbocycles. The van der Waals surface area contributed by atoms with Crippen LogP contribution < -0.4 is 5.32 Å². The molecule has 2 radical (unpaired) electrons. The van der Waals surface area contributed by atoms with Crippen LogP contribution in [0.3, 0.4) is 0 Å². The zero-order valence-electron chi connectivity index (χ0n) is 4.44. The van der Waals surface area contributed by atoms with Gasteiger partial charge < -0.3 is 5.32 Å². The summed E-state index contributed by atoms with van der Waals surface area (Å²) in [5.41, 5.74) is 0. The number of nitrogens with one attached hydrogen (secondary N) is 1. The maximum Gasteiger partial charge on any atom is 0.0661 e. The summed E-state index contributed by atoms with van der Waals surface area (Å²) < 4.78 is 0. The van der Waals surface area contributed by atoms with Crippen LogP contribution in [0.5, 0.6) is 0 Å². The van der Waals surface area contributed by atoms with Gasteiger partial charge in [0.1, 0.15) is 0 Å². The molecule has 38 valence electrons. The summed E-state index contributed by atoms with van der Waals surface area (Å²) >= 11 is 0. The van der Waals surface area contributed by atoms with E-state index in [-0.39, 0.29) is 0 Å². The van der Waals surface area contributed by atoms with E-state index < -0.39 is 0 Å². The fourth-order valence-electron chi connectivity index (χ4n) is 0.599. The predicted molar refractivity (Wildman–Crippen MR) is 29.5 cm³/mol. The molecule has 1 unspecified atom stereocenters. The van der Waals surface area contributed by atoms with Crippen LogP contribution in [0.4, 0.5) is 0 Å². The number of rotatable bonds is 0. The second-order valence-corrected chi connectivity index (χ2v) is 1.74. The van der Waals surface area contributed by atoms with Gasteiger partial charge in [0.25, 0.3) is 0 Å². The van der Waals surface area contributed by atoms with Crippen molar-refractivity contribution in [2.45, 2.75) is 6.92 Å². The summed E-state index contributed by atoms with van der Waals surface area (Å²) in [6.45, 7) is 6.09. The Balaban J connectivity index is 2.36. The monoisotopic (exact) mass is 95.1 g/mol. The molecule has 1 nitrogen and oxygen atoms in total. The first-order chi connectivity index (χ1) is 3.39. The maximum absolute atomic E-state index is 3.05. The van der Waals surface area contributed by atoms with Crippen molar-refractivity contribution in [3.63, 3.8) is 0 Å². The molecule has 1 aliphatic heterocycles. The van der Waals surface area contributed by atoms with Crippen LogP contribution in [0.2, 0.25) is 0 Å². The Morgan fingerprint density at radius 1 is 1.86 bits per heavy atom. The highest BCUT2D eigenvalue weighted by Gasteiger charge is 1.99. The molecule has 1 N–H and O–H groups in total. The molecule has 0 aromatic rings. The van der Waals surface area contributed by atoms with Gasteiger partial charge in [-0.05, 0) is 5.92 Å². The van der Waals surface area contributed by atoms with E-state index in [1.807, 2.05) is 0 Å². The molecule has 0 saturated carbocycles. The Labute approximate surface area is 44.4 Å². The minimum absolute atomic E-state index is 0.494. The van der Waals surface area contributed by atoms with E-state index in [1.165, 1.54) is 0 Å². The first-order valence-corrected chi connectivity index (χ1v) is 2.54. The largest absolute Gasteiger partial charge is 0.304 e. The van der Waals surface area contributed by atoms with E-state index in [2.05, 4.69) is 30.9 Å². The zero-order valence-corrected chi connectivity index (χ0v) is 4.44. The van der Waals surface area contributed by atoms with Gasteiger partial charge in [-0.2, -0.15) is 0 Å². The van der Waals surface area contributed by atoms with Crippen LogP contribution in [0, 0.1) is 12.5 Å². The SMILES string of the molecule is CC1[C]NCC=C1. The van der Waals surface area contributed by atoms with Gasteiger partial charge in [0.15, 0.2) is 0 Å². The standard InChI is InChI=1S/C6H9N/c1-6-3-2-4-7-5-6/h2-3,6-7H,4H2,1H3. The van der Waals surface area contributed by atoms with Gasteiger partial charge in [-0.1, -0.05) is 19.1 Å². The molecule has 0 fully saturated rings. The molecule has 1 atom stereocenters. The van der Waals surface area contributed by atoms with Gasteiger partial charge in [-0.3, -0.25) is 0 Å². The second-order valence-electron chi connectivity index (χ2n) is 1.74. The van der Waals surface area contributed by atoms with Gasteiger partial charge in [0.05, 0.1) is 6.54 Å². The average molecular weight is 95.1 g/mol. The Kier molecular flexibility index (Phi) is 1.47. The molecule has 1 heteroatoms. The van der Waals surface area contributed by atoms with Crippen molar-refractivity contribution in [1.82, 2.24) is 5.32 Å². The minimum Gasteiger partial charge on any atom is -0.304 e. The van der Waals surface area contributed by atoms with E-state index in [9.17, 15) is 0 Å². The smallest absolute Gasteiger partial charge is 0.0661 e. The Bertz CT molecular complexity index is 76.2. The van der Waals surface area contributed by atoms with E-state index in [0.29, 0.717) is 5.92 Å². The normalized spacial score (nSPS) is 30.7. The topological polar surface area (TPSA) is 12.0 Å². The Morgan fingerprint density at radius 2 is 2.71 bits per heavy atom. The highest BCUT2D eigenvalue weighted by molar-refractivity contribution is 4.98. The highest BCUT2D eigenvalue weighted by atomic mass is 14.9. The van der Waals surface area contributed by atoms with Crippen molar-refractivity contribution in [3.05, 3.63) is 18.7 Å². The molecule has 0 aromatic heterocycles. The third-order valence-electron chi connectivity index (χ3n) is 0.974. The summed E-state index contributed by atoms with van der Waals surface area (Å²) in [5, 5.41) is 3.00. The molecule has 1 heterocycles. The lowest BCUT2D eigenvalue weighted by molar-refractivity contribution is 0.695. The van der Waals surface area contributed by atoms with Crippen molar-refractivity contribution >= 4 is 0 Å². The van der Waals surface area contributed by atoms with E-state index in [1.54, 1.807) is 0 Å². The third-order valence-corrected chi connectivity index (χ3v) is 0.974. The second kappa shape index (κ2) is 2.12. The van der Waals surface area contributed by atoms with Gasteiger partial charge in [0.2, 0.25) is 0 Å². The lowest BCUT2D eigenvalue weighted by atomic mass is 10.1. The fraction of sp³-hybridized carbons (Fsp3) is 0.500. The first-order valence-electron chi connectivity index (χ1n) is 2.54. The van der Waals surface area contributed by atoms with Gasteiger partial charge >= 0.3 is 0 Å². The summed E-state index contributed by atoms with van der Waals surface area (Å²) in [4.78, 5) is 0. The van der Waals surface area contributed by atoms with Crippen molar-refractivity contribution in [1.29, 1.82) is 0 Å². The minimum atomic E-state index is 0.494. The molecule has 0 spiro atoms. The molecule has 1 aliphatic rings. The maximum atomic E-state index is 3.05.